The molecule has 4 aromatic carbocycles. The molecule has 194 valence electrons. The summed E-state index contributed by atoms with van der Waals surface area (Å²) >= 11 is 0. The fourth-order valence-electron chi connectivity index (χ4n) is 5.17. The van der Waals surface area contributed by atoms with Crippen molar-refractivity contribution in [1.82, 2.24) is 10.2 Å². The largest absolute Gasteiger partial charge is 0.493 e. The molecule has 1 unspecified atom stereocenters. The Morgan fingerprint density at radius 3 is 2.03 bits per heavy atom. The van der Waals surface area contributed by atoms with E-state index in [1.807, 2.05) is 77.7 Å². The third-order valence-electron chi connectivity index (χ3n) is 7.17. The Bertz CT molecular complexity index is 1340. The monoisotopic (exact) mass is 510 g/mol. The van der Waals surface area contributed by atoms with Gasteiger partial charge in [-0.25, -0.2) is 9.18 Å². The molecule has 0 aliphatic carbocycles. The number of nitrogens with one attached hydrogen (secondary N) is 1. The topological polar surface area (TPSA) is 50.8 Å². The Hall–Kier alpha value is -4.32. The number of rotatable bonds is 6. The van der Waals surface area contributed by atoms with Gasteiger partial charge in [0, 0.05) is 19.0 Å². The summed E-state index contributed by atoms with van der Waals surface area (Å²) in [6, 6.07) is 30.0. The fraction of sp³-hybridized carbons (Fsp3) is 0.219. The molecule has 0 saturated heterocycles. The van der Waals surface area contributed by atoms with Gasteiger partial charge in [0.1, 0.15) is 5.82 Å². The molecule has 1 aliphatic heterocycles. The van der Waals surface area contributed by atoms with Gasteiger partial charge in [-0.3, -0.25) is 0 Å². The maximum absolute atomic E-state index is 13.8. The molecule has 1 N–H and O–H groups in total. The molecule has 1 aliphatic rings. The van der Waals surface area contributed by atoms with Gasteiger partial charge < -0.3 is 19.7 Å². The summed E-state index contributed by atoms with van der Waals surface area (Å²) in [7, 11) is 3.23. The lowest BCUT2D eigenvalue weighted by molar-refractivity contribution is 0.195. The molecule has 0 radical (unpaired) electrons. The molecule has 0 spiro atoms. The number of carbonyl (C=O) groups is 1. The van der Waals surface area contributed by atoms with E-state index in [1.165, 1.54) is 12.1 Å². The predicted octanol–water partition coefficient (Wildman–Crippen LogP) is 6.33. The molecule has 4 aromatic rings. The van der Waals surface area contributed by atoms with Crippen molar-refractivity contribution in [2.75, 3.05) is 27.3 Å². The zero-order chi connectivity index (χ0) is 26.5. The van der Waals surface area contributed by atoms with Crippen molar-refractivity contribution in [2.45, 2.75) is 18.4 Å². The second kappa shape index (κ2) is 11.4. The molecule has 1 atom stereocenters. The number of carbonyl (C=O) groups excluding carboxylic acids is 1. The summed E-state index contributed by atoms with van der Waals surface area (Å²) in [5, 5.41) is 3.28. The smallest absolute Gasteiger partial charge is 0.318 e. The highest BCUT2D eigenvalue weighted by molar-refractivity contribution is 5.76. The minimum atomic E-state index is -0.293. The van der Waals surface area contributed by atoms with E-state index < -0.39 is 0 Å². The van der Waals surface area contributed by atoms with Crippen molar-refractivity contribution in [3.63, 3.8) is 0 Å². The quantitative estimate of drug-likeness (QED) is 0.330. The van der Waals surface area contributed by atoms with Gasteiger partial charge in [0.25, 0.3) is 0 Å². The summed E-state index contributed by atoms with van der Waals surface area (Å²) < 4.78 is 25.0. The van der Waals surface area contributed by atoms with Crippen molar-refractivity contribution in [1.29, 1.82) is 0 Å². The van der Waals surface area contributed by atoms with E-state index in [-0.39, 0.29) is 23.8 Å². The number of nitrogens with zero attached hydrogens (tertiary/aromatic N) is 1. The van der Waals surface area contributed by atoms with Crippen molar-refractivity contribution in [2.24, 2.45) is 0 Å². The van der Waals surface area contributed by atoms with Crippen LogP contribution in [0.3, 0.4) is 0 Å². The number of methoxy groups -OCH3 is 2. The highest BCUT2D eigenvalue weighted by Gasteiger charge is 2.30. The van der Waals surface area contributed by atoms with E-state index in [9.17, 15) is 9.18 Å². The summed E-state index contributed by atoms with van der Waals surface area (Å²) in [5.41, 5.74) is 5.08. The van der Waals surface area contributed by atoms with Crippen LogP contribution in [-0.4, -0.2) is 38.2 Å². The average molecular weight is 511 g/mol. The Balaban J connectivity index is 1.49. The van der Waals surface area contributed by atoms with Crippen LogP contribution in [0.2, 0.25) is 0 Å². The number of urea groups is 1. The predicted molar refractivity (Wildman–Crippen MR) is 146 cm³/mol. The maximum Gasteiger partial charge on any atom is 0.318 e. The number of benzene rings is 4. The van der Waals surface area contributed by atoms with Crippen molar-refractivity contribution in [3.05, 3.63) is 131 Å². The Morgan fingerprint density at radius 2 is 1.45 bits per heavy atom. The van der Waals surface area contributed by atoms with Crippen LogP contribution in [0, 0.1) is 5.82 Å². The van der Waals surface area contributed by atoms with Crippen molar-refractivity contribution < 1.29 is 18.7 Å². The molecular weight excluding hydrogens is 479 g/mol. The van der Waals surface area contributed by atoms with Crippen LogP contribution in [0.25, 0.3) is 0 Å². The highest BCUT2D eigenvalue weighted by Crippen LogP contribution is 2.39. The van der Waals surface area contributed by atoms with E-state index in [2.05, 4.69) is 5.32 Å². The lowest BCUT2D eigenvalue weighted by atomic mass is 9.87. The van der Waals surface area contributed by atoms with Crippen LogP contribution >= 0.6 is 0 Å². The van der Waals surface area contributed by atoms with Gasteiger partial charge in [0.05, 0.1) is 20.3 Å². The first-order valence-corrected chi connectivity index (χ1v) is 12.7. The molecule has 0 saturated carbocycles. The molecule has 0 fully saturated rings. The molecule has 2 amide bonds. The van der Waals surface area contributed by atoms with Crippen LogP contribution < -0.4 is 14.8 Å². The van der Waals surface area contributed by atoms with Gasteiger partial charge in [-0.05, 0) is 58.5 Å². The zero-order valence-electron chi connectivity index (χ0n) is 21.6. The van der Waals surface area contributed by atoms with Crippen LogP contribution in [0.15, 0.2) is 97.1 Å². The fourth-order valence-corrected chi connectivity index (χ4v) is 5.17. The Morgan fingerprint density at radius 1 is 0.868 bits per heavy atom. The minimum absolute atomic E-state index is 0.151. The summed E-state index contributed by atoms with van der Waals surface area (Å²) in [6.45, 7) is 0.971. The van der Waals surface area contributed by atoms with Crippen molar-refractivity contribution in [3.8, 4) is 11.5 Å². The first-order chi connectivity index (χ1) is 18.6. The van der Waals surface area contributed by atoms with Crippen LogP contribution in [0.1, 0.15) is 39.8 Å². The molecular formula is C32H31FN2O3. The molecule has 5 nitrogen and oxygen atoms in total. The van der Waals surface area contributed by atoms with Crippen LogP contribution in [-0.2, 0) is 6.42 Å². The molecule has 6 heteroatoms. The molecule has 0 bridgehead atoms. The van der Waals surface area contributed by atoms with E-state index >= 15 is 0 Å². The van der Waals surface area contributed by atoms with Gasteiger partial charge in [0.15, 0.2) is 11.5 Å². The van der Waals surface area contributed by atoms with Gasteiger partial charge >= 0.3 is 6.03 Å². The van der Waals surface area contributed by atoms with Crippen LogP contribution in [0.4, 0.5) is 9.18 Å². The van der Waals surface area contributed by atoms with Crippen LogP contribution in [0.5, 0.6) is 11.5 Å². The number of hydrogen-bond acceptors (Lipinski definition) is 3. The standard InChI is InChI=1S/C32H31FN2O3/c1-37-29-19-25-17-18-35(21-28(27(25)20-30(29)38-2)22-13-15-26(33)16-14-22)32(36)34-31(23-9-5-3-6-10-23)24-11-7-4-8-12-24/h3-16,19-20,28,31H,17-18,21H2,1-2H3,(H,34,36). The van der Waals surface area contributed by atoms with E-state index in [0.29, 0.717) is 31.0 Å². The number of ether oxygens (including phenoxy) is 2. The van der Waals surface area contributed by atoms with Crippen molar-refractivity contribution >= 4 is 6.03 Å². The Labute approximate surface area is 222 Å². The first kappa shape index (κ1) is 25.3. The third kappa shape index (κ3) is 5.35. The lowest BCUT2D eigenvalue weighted by Gasteiger charge is -2.29. The Kier molecular flexibility index (Phi) is 7.59. The zero-order valence-corrected chi connectivity index (χ0v) is 21.6. The average Bonchev–Trinajstić information content (AvgIpc) is 3.16. The third-order valence-corrected chi connectivity index (χ3v) is 7.17. The first-order valence-electron chi connectivity index (χ1n) is 12.7. The van der Waals surface area contributed by atoms with Gasteiger partial charge in [0.2, 0.25) is 0 Å². The van der Waals surface area contributed by atoms with E-state index in [4.69, 9.17) is 9.47 Å². The second-order valence-corrected chi connectivity index (χ2v) is 9.41. The SMILES string of the molecule is COc1cc2c(cc1OC)C(c1ccc(F)cc1)CN(C(=O)NC(c1ccccc1)c1ccccc1)CC2. The van der Waals surface area contributed by atoms with Gasteiger partial charge in [-0.15, -0.1) is 0 Å². The van der Waals surface area contributed by atoms with E-state index in [0.717, 1.165) is 27.8 Å². The number of halogens is 1. The second-order valence-electron chi connectivity index (χ2n) is 9.41. The minimum Gasteiger partial charge on any atom is -0.493 e. The summed E-state index contributed by atoms with van der Waals surface area (Å²) in [6.07, 6.45) is 0.655. The lowest BCUT2D eigenvalue weighted by Crippen LogP contribution is -2.44. The summed E-state index contributed by atoms with van der Waals surface area (Å²) in [5.74, 6) is 0.823. The normalized spacial score (nSPS) is 14.9. The van der Waals surface area contributed by atoms with E-state index in [1.54, 1.807) is 26.4 Å². The molecule has 0 aromatic heterocycles. The summed E-state index contributed by atoms with van der Waals surface area (Å²) in [4.78, 5) is 15.7. The number of amides is 2. The highest BCUT2D eigenvalue weighted by atomic mass is 19.1. The van der Waals surface area contributed by atoms with Gasteiger partial charge in [-0.2, -0.15) is 0 Å². The molecule has 1 heterocycles. The molecule has 38 heavy (non-hydrogen) atoms. The van der Waals surface area contributed by atoms with Gasteiger partial charge in [-0.1, -0.05) is 72.8 Å². The number of hydrogen-bond donors (Lipinski definition) is 1. The maximum atomic E-state index is 13.8. The number of fused-ring (bicyclic) bond motifs is 1. The molecule has 5 rings (SSSR count).